The number of nitrogens with two attached hydrogens (primary N) is 1. The van der Waals surface area contributed by atoms with E-state index in [0.29, 0.717) is 17.1 Å². The number of benzene rings is 2. The number of methoxy groups -OCH3 is 1. The van der Waals surface area contributed by atoms with Crippen LogP contribution in [-0.2, 0) is 4.79 Å². The minimum atomic E-state index is -0.248. The molecule has 0 aliphatic heterocycles. The highest BCUT2D eigenvalue weighted by molar-refractivity contribution is 5.98. The van der Waals surface area contributed by atoms with Crippen molar-refractivity contribution >= 4 is 17.3 Å². The highest BCUT2D eigenvalue weighted by Crippen LogP contribution is 2.26. The van der Waals surface area contributed by atoms with Gasteiger partial charge in [0.25, 0.3) is 0 Å². The average molecular weight is 270 g/mol. The molecule has 0 radical (unpaired) electrons. The lowest BCUT2D eigenvalue weighted by atomic mass is 10.0. The first kappa shape index (κ1) is 13.9. The first-order valence-corrected chi connectivity index (χ1v) is 6.41. The minimum absolute atomic E-state index is 0.101. The maximum Gasteiger partial charge on any atom is 0.231 e. The molecule has 0 heterocycles. The van der Waals surface area contributed by atoms with E-state index >= 15 is 0 Å². The third-order valence-electron chi connectivity index (χ3n) is 3.21. The summed E-state index contributed by atoms with van der Waals surface area (Å²) >= 11 is 0. The lowest BCUT2D eigenvalue weighted by Gasteiger charge is -2.14. The lowest BCUT2D eigenvalue weighted by Crippen LogP contribution is -2.19. The van der Waals surface area contributed by atoms with Gasteiger partial charge >= 0.3 is 0 Å². The Bertz CT molecular complexity index is 597. The van der Waals surface area contributed by atoms with Gasteiger partial charge < -0.3 is 15.8 Å². The smallest absolute Gasteiger partial charge is 0.231 e. The minimum Gasteiger partial charge on any atom is -0.497 e. The van der Waals surface area contributed by atoms with E-state index in [1.807, 2.05) is 37.3 Å². The molecule has 0 saturated heterocycles. The van der Waals surface area contributed by atoms with Crippen LogP contribution in [0.3, 0.4) is 0 Å². The molecule has 2 aromatic carbocycles. The summed E-state index contributed by atoms with van der Waals surface area (Å²) < 4.78 is 5.13. The standard InChI is InChI=1S/C16H18N2O2/c1-11(12-6-4-3-5-7-12)16(19)18-15-10-13(20-2)8-9-14(15)17/h3-11H,17H2,1-2H3,(H,18,19). The molecule has 0 saturated carbocycles. The molecule has 20 heavy (non-hydrogen) atoms. The van der Waals surface area contributed by atoms with Gasteiger partial charge in [-0.1, -0.05) is 30.3 Å². The van der Waals surface area contributed by atoms with Crippen LogP contribution < -0.4 is 15.8 Å². The maximum atomic E-state index is 12.3. The van der Waals surface area contributed by atoms with Crippen LogP contribution in [0, 0.1) is 0 Å². The van der Waals surface area contributed by atoms with Crippen molar-refractivity contribution in [2.45, 2.75) is 12.8 Å². The van der Waals surface area contributed by atoms with Gasteiger partial charge in [0.2, 0.25) is 5.91 Å². The molecule has 1 unspecified atom stereocenters. The predicted molar refractivity (Wildman–Crippen MR) is 80.9 cm³/mol. The third-order valence-corrected chi connectivity index (χ3v) is 3.21. The Balaban J connectivity index is 2.15. The van der Waals surface area contributed by atoms with Crippen LogP contribution in [0.4, 0.5) is 11.4 Å². The molecule has 3 N–H and O–H groups in total. The summed E-state index contributed by atoms with van der Waals surface area (Å²) in [5.41, 5.74) is 7.91. The first-order valence-electron chi connectivity index (χ1n) is 6.41. The molecule has 0 bridgehead atoms. The number of carbonyl (C=O) groups excluding carboxylic acids is 1. The normalized spacial score (nSPS) is 11.7. The van der Waals surface area contributed by atoms with Gasteiger partial charge in [0.15, 0.2) is 0 Å². The van der Waals surface area contributed by atoms with Crippen molar-refractivity contribution in [1.82, 2.24) is 0 Å². The number of hydrogen-bond acceptors (Lipinski definition) is 3. The van der Waals surface area contributed by atoms with Gasteiger partial charge in [-0.2, -0.15) is 0 Å². The number of amides is 1. The van der Waals surface area contributed by atoms with Crippen molar-refractivity contribution in [3.63, 3.8) is 0 Å². The van der Waals surface area contributed by atoms with Crippen molar-refractivity contribution in [2.75, 3.05) is 18.2 Å². The molecular formula is C16H18N2O2. The lowest BCUT2D eigenvalue weighted by molar-refractivity contribution is -0.117. The van der Waals surface area contributed by atoms with Gasteiger partial charge in [0.05, 0.1) is 24.4 Å². The van der Waals surface area contributed by atoms with Crippen LogP contribution in [0.1, 0.15) is 18.4 Å². The second-order valence-corrected chi connectivity index (χ2v) is 4.57. The summed E-state index contributed by atoms with van der Waals surface area (Å²) in [6.45, 7) is 1.86. The average Bonchev–Trinajstić information content (AvgIpc) is 2.49. The monoisotopic (exact) mass is 270 g/mol. The Morgan fingerprint density at radius 2 is 1.90 bits per heavy atom. The van der Waals surface area contributed by atoms with Crippen molar-refractivity contribution in [2.24, 2.45) is 0 Å². The largest absolute Gasteiger partial charge is 0.497 e. The topological polar surface area (TPSA) is 64.3 Å². The summed E-state index contributed by atoms with van der Waals surface area (Å²) in [7, 11) is 1.57. The van der Waals surface area contributed by atoms with E-state index in [2.05, 4.69) is 5.32 Å². The van der Waals surface area contributed by atoms with E-state index in [4.69, 9.17) is 10.5 Å². The number of nitrogen functional groups attached to an aromatic ring is 1. The van der Waals surface area contributed by atoms with Gasteiger partial charge in [-0.25, -0.2) is 0 Å². The number of carbonyl (C=O) groups is 1. The summed E-state index contributed by atoms with van der Waals surface area (Å²) in [5.74, 6) is 0.305. The Morgan fingerprint density at radius 3 is 2.55 bits per heavy atom. The fraction of sp³-hybridized carbons (Fsp3) is 0.188. The van der Waals surface area contributed by atoms with Gasteiger partial charge in [0.1, 0.15) is 5.75 Å². The van der Waals surface area contributed by atoms with Gasteiger partial charge in [-0.3, -0.25) is 4.79 Å². The van der Waals surface area contributed by atoms with Gasteiger partial charge in [-0.05, 0) is 24.6 Å². The Labute approximate surface area is 118 Å². The Kier molecular flexibility index (Phi) is 4.25. The van der Waals surface area contributed by atoms with Crippen LogP contribution in [0.15, 0.2) is 48.5 Å². The van der Waals surface area contributed by atoms with Crippen LogP contribution in [0.25, 0.3) is 0 Å². The SMILES string of the molecule is COc1ccc(N)c(NC(=O)C(C)c2ccccc2)c1. The van der Waals surface area contributed by atoms with Crippen LogP contribution >= 0.6 is 0 Å². The number of nitrogens with one attached hydrogen (secondary N) is 1. The van der Waals surface area contributed by atoms with E-state index in [1.165, 1.54) is 0 Å². The molecule has 0 aliphatic rings. The quantitative estimate of drug-likeness (QED) is 0.839. The number of hydrogen-bond donors (Lipinski definition) is 2. The molecule has 4 nitrogen and oxygen atoms in total. The summed E-state index contributed by atoms with van der Waals surface area (Å²) in [6.07, 6.45) is 0. The molecule has 0 spiro atoms. The molecule has 0 fully saturated rings. The van der Waals surface area contributed by atoms with E-state index in [0.717, 1.165) is 5.56 Å². The summed E-state index contributed by atoms with van der Waals surface area (Å²) in [5, 5.41) is 2.84. The molecule has 0 aromatic heterocycles. The van der Waals surface area contributed by atoms with Crippen LogP contribution in [0.2, 0.25) is 0 Å². The van der Waals surface area contributed by atoms with E-state index in [-0.39, 0.29) is 11.8 Å². The maximum absolute atomic E-state index is 12.3. The number of rotatable bonds is 4. The molecule has 104 valence electrons. The van der Waals surface area contributed by atoms with Crippen LogP contribution in [0.5, 0.6) is 5.75 Å². The highest BCUT2D eigenvalue weighted by Gasteiger charge is 2.16. The molecule has 1 atom stereocenters. The zero-order valence-corrected chi connectivity index (χ0v) is 11.6. The molecule has 4 heteroatoms. The Hall–Kier alpha value is -2.49. The Morgan fingerprint density at radius 1 is 1.20 bits per heavy atom. The van der Waals surface area contributed by atoms with Crippen LogP contribution in [-0.4, -0.2) is 13.0 Å². The fourth-order valence-corrected chi connectivity index (χ4v) is 1.90. The van der Waals surface area contributed by atoms with Crippen molar-refractivity contribution in [1.29, 1.82) is 0 Å². The van der Waals surface area contributed by atoms with E-state index in [1.54, 1.807) is 25.3 Å². The predicted octanol–water partition coefficient (Wildman–Crippen LogP) is 3.02. The number of anilines is 2. The third kappa shape index (κ3) is 3.09. The van der Waals surface area contributed by atoms with Gasteiger partial charge in [-0.15, -0.1) is 0 Å². The zero-order chi connectivity index (χ0) is 14.5. The molecule has 2 rings (SSSR count). The molecule has 1 amide bonds. The fourth-order valence-electron chi connectivity index (χ4n) is 1.90. The van der Waals surface area contributed by atoms with E-state index < -0.39 is 0 Å². The first-order chi connectivity index (χ1) is 9.61. The zero-order valence-electron chi connectivity index (χ0n) is 11.6. The summed E-state index contributed by atoms with van der Waals surface area (Å²) in [4.78, 5) is 12.3. The molecular weight excluding hydrogens is 252 g/mol. The molecule has 2 aromatic rings. The summed E-state index contributed by atoms with van der Waals surface area (Å²) in [6, 6.07) is 14.8. The second-order valence-electron chi connectivity index (χ2n) is 4.57. The number of ether oxygens (including phenoxy) is 1. The van der Waals surface area contributed by atoms with Crippen molar-refractivity contribution < 1.29 is 9.53 Å². The van der Waals surface area contributed by atoms with E-state index in [9.17, 15) is 4.79 Å². The second kappa shape index (κ2) is 6.10. The van der Waals surface area contributed by atoms with Crippen molar-refractivity contribution in [3.05, 3.63) is 54.1 Å². The highest BCUT2D eigenvalue weighted by atomic mass is 16.5. The molecule has 0 aliphatic carbocycles. The van der Waals surface area contributed by atoms with Gasteiger partial charge in [0, 0.05) is 6.07 Å². The van der Waals surface area contributed by atoms with Crippen molar-refractivity contribution in [3.8, 4) is 5.75 Å².